The maximum Gasteiger partial charge on any atom is 0.121 e. The Morgan fingerprint density at radius 1 is 1.50 bits per heavy atom. The first-order valence-corrected chi connectivity index (χ1v) is 5.76. The van der Waals surface area contributed by atoms with Crippen LogP contribution in [-0.4, -0.2) is 20.2 Å². The fourth-order valence-corrected chi connectivity index (χ4v) is 2.27. The summed E-state index contributed by atoms with van der Waals surface area (Å²) in [7, 11) is 1.71. The fourth-order valence-electron chi connectivity index (χ4n) is 2.27. The summed E-state index contributed by atoms with van der Waals surface area (Å²) in [6.45, 7) is 8.18. The van der Waals surface area contributed by atoms with Gasteiger partial charge in [-0.15, -0.1) is 6.58 Å². The summed E-state index contributed by atoms with van der Waals surface area (Å²) < 4.78 is 5.27. The average Bonchev–Trinajstić information content (AvgIpc) is 2.77. The Bertz CT molecular complexity index is 386. The number of rotatable bonds is 3. The number of aryl methyl sites for hydroxylation is 1. The van der Waals surface area contributed by atoms with E-state index in [9.17, 15) is 0 Å². The molecule has 0 bridgehead atoms. The molecule has 2 rings (SSSR count). The zero-order valence-corrected chi connectivity index (χ0v) is 10.1. The Morgan fingerprint density at radius 2 is 2.31 bits per heavy atom. The van der Waals surface area contributed by atoms with Gasteiger partial charge in [0.2, 0.25) is 0 Å². The first-order chi connectivity index (χ1) is 7.74. The highest BCUT2D eigenvalue weighted by atomic mass is 16.5. The lowest BCUT2D eigenvalue weighted by atomic mass is 10.1. The number of hydrogen-bond acceptors (Lipinski definition) is 2. The van der Waals surface area contributed by atoms with Gasteiger partial charge in [-0.05, 0) is 43.0 Å². The average molecular weight is 217 g/mol. The molecule has 0 aliphatic carbocycles. The summed E-state index contributed by atoms with van der Waals surface area (Å²) >= 11 is 0. The van der Waals surface area contributed by atoms with Crippen LogP contribution in [0, 0.1) is 12.8 Å². The standard InChI is InChI=1S/C14H19NO/c1-4-12-7-8-15(10-12)13-5-6-14(16-3)11(2)9-13/h4-6,9,12H,1,7-8,10H2,2-3H3/t12-/m0/s1. The topological polar surface area (TPSA) is 12.5 Å². The number of benzene rings is 1. The molecule has 1 atom stereocenters. The SMILES string of the molecule is C=C[C@H]1CCN(c2ccc(OC)c(C)c2)C1. The van der Waals surface area contributed by atoms with Crippen molar-refractivity contribution in [3.05, 3.63) is 36.4 Å². The molecular weight excluding hydrogens is 198 g/mol. The fraction of sp³-hybridized carbons (Fsp3) is 0.429. The van der Waals surface area contributed by atoms with E-state index >= 15 is 0 Å². The monoisotopic (exact) mass is 217 g/mol. The van der Waals surface area contributed by atoms with E-state index in [0.29, 0.717) is 5.92 Å². The van der Waals surface area contributed by atoms with Gasteiger partial charge in [0.1, 0.15) is 5.75 Å². The van der Waals surface area contributed by atoms with Gasteiger partial charge in [0.15, 0.2) is 0 Å². The summed E-state index contributed by atoms with van der Waals surface area (Å²) in [5.41, 5.74) is 2.49. The lowest BCUT2D eigenvalue weighted by molar-refractivity contribution is 0.411. The van der Waals surface area contributed by atoms with Crippen molar-refractivity contribution in [2.45, 2.75) is 13.3 Å². The van der Waals surface area contributed by atoms with Crippen molar-refractivity contribution in [2.75, 3.05) is 25.1 Å². The van der Waals surface area contributed by atoms with Gasteiger partial charge < -0.3 is 9.64 Å². The summed E-state index contributed by atoms with van der Waals surface area (Å²) in [5, 5.41) is 0. The van der Waals surface area contributed by atoms with Gasteiger partial charge in [-0.2, -0.15) is 0 Å². The molecule has 1 aromatic rings. The van der Waals surface area contributed by atoms with E-state index in [-0.39, 0.29) is 0 Å². The van der Waals surface area contributed by atoms with Gasteiger partial charge in [-0.3, -0.25) is 0 Å². The molecule has 0 unspecified atom stereocenters. The van der Waals surface area contributed by atoms with Crippen molar-refractivity contribution >= 4 is 5.69 Å². The molecule has 0 aromatic heterocycles. The van der Waals surface area contributed by atoms with Gasteiger partial charge >= 0.3 is 0 Å². The quantitative estimate of drug-likeness (QED) is 0.722. The second-order valence-electron chi connectivity index (χ2n) is 4.38. The van der Waals surface area contributed by atoms with Crippen LogP contribution in [0.15, 0.2) is 30.9 Å². The first-order valence-electron chi connectivity index (χ1n) is 5.76. The van der Waals surface area contributed by atoms with Crippen molar-refractivity contribution in [1.29, 1.82) is 0 Å². The molecule has 0 amide bonds. The molecule has 1 aliphatic heterocycles. The molecule has 1 saturated heterocycles. The first kappa shape index (κ1) is 11.1. The van der Waals surface area contributed by atoms with E-state index in [1.54, 1.807) is 7.11 Å². The van der Waals surface area contributed by atoms with Crippen LogP contribution in [0.25, 0.3) is 0 Å². The van der Waals surface area contributed by atoms with E-state index in [2.05, 4.69) is 36.6 Å². The highest BCUT2D eigenvalue weighted by Gasteiger charge is 2.20. The molecule has 1 fully saturated rings. The van der Waals surface area contributed by atoms with Crippen LogP contribution < -0.4 is 9.64 Å². The molecule has 16 heavy (non-hydrogen) atoms. The molecule has 0 N–H and O–H groups in total. The van der Waals surface area contributed by atoms with Crippen molar-refractivity contribution in [2.24, 2.45) is 5.92 Å². The predicted molar refractivity (Wildman–Crippen MR) is 68.2 cm³/mol. The number of methoxy groups -OCH3 is 1. The number of hydrogen-bond donors (Lipinski definition) is 0. The minimum atomic E-state index is 0.641. The molecule has 0 radical (unpaired) electrons. The third-order valence-corrected chi connectivity index (χ3v) is 3.30. The Hall–Kier alpha value is -1.44. The smallest absolute Gasteiger partial charge is 0.121 e. The van der Waals surface area contributed by atoms with E-state index < -0.39 is 0 Å². The molecule has 86 valence electrons. The zero-order chi connectivity index (χ0) is 11.5. The molecule has 0 spiro atoms. The van der Waals surface area contributed by atoms with Crippen molar-refractivity contribution in [3.63, 3.8) is 0 Å². The van der Waals surface area contributed by atoms with E-state index in [1.807, 2.05) is 6.07 Å². The highest BCUT2D eigenvalue weighted by molar-refractivity contribution is 5.53. The third kappa shape index (κ3) is 2.06. The normalized spacial score (nSPS) is 19.9. The minimum Gasteiger partial charge on any atom is -0.496 e. The van der Waals surface area contributed by atoms with Gasteiger partial charge in [0, 0.05) is 18.8 Å². The van der Waals surface area contributed by atoms with E-state index in [4.69, 9.17) is 4.74 Å². The number of ether oxygens (including phenoxy) is 1. The molecule has 1 aliphatic rings. The van der Waals surface area contributed by atoms with Gasteiger partial charge in [-0.1, -0.05) is 6.08 Å². The molecule has 1 heterocycles. The third-order valence-electron chi connectivity index (χ3n) is 3.30. The number of anilines is 1. The van der Waals surface area contributed by atoms with Crippen LogP contribution in [0.3, 0.4) is 0 Å². The summed E-state index contributed by atoms with van der Waals surface area (Å²) in [6.07, 6.45) is 3.28. The number of nitrogens with zero attached hydrogens (tertiary/aromatic N) is 1. The molecule has 1 aromatic carbocycles. The van der Waals surface area contributed by atoms with Gasteiger partial charge in [0.25, 0.3) is 0 Å². The van der Waals surface area contributed by atoms with Crippen molar-refractivity contribution < 1.29 is 4.74 Å². The Labute approximate surface area is 97.5 Å². The minimum absolute atomic E-state index is 0.641. The lowest BCUT2D eigenvalue weighted by Gasteiger charge is -2.19. The molecule has 2 heteroatoms. The van der Waals surface area contributed by atoms with Crippen LogP contribution in [0.4, 0.5) is 5.69 Å². The summed E-state index contributed by atoms with van der Waals surface area (Å²) in [4.78, 5) is 2.42. The van der Waals surface area contributed by atoms with Crippen LogP contribution >= 0.6 is 0 Å². The Balaban J connectivity index is 2.16. The Morgan fingerprint density at radius 3 is 2.88 bits per heavy atom. The summed E-state index contributed by atoms with van der Waals surface area (Å²) in [6, 6.07) is 6.38. The Kier molecular flexibility index (Phi) is 3.18. The van der Waals surface area contributed by atoms with Crippen molar-refractivity contribution in [1.82, 2.24) is 0 Å². The predicted octanol–water partition coefficient (Wildman–Crippen LogP) is 3.02. The largest absolute Gasteiger partial charge is 0.496 e. The maximum atomic E-state index is 5.27. The lowest BCUT2D eigenvalue weighted by Crippen LogP contribution is -2.19. The highest BCUT2D eigenvalue weighted by Crippen LogP contribution is 2.28. The molecular formula is C14H19NO. The van der Waals surface area contributed by atoms with Crippen LogP contribution in [0.2, 0.25) is 0 Å². The van der Waals surface area contributed by atoms with Crippen molar-refractivity contribution in [3.8, 4) is 5.75 Å². The van der Waals surface area contributed by atoms with Crippen LogP contribution in [0.5, 0.6) is 5.75 Å². The molecule has 2 nitrogen and oxygen atoms in total. The molecule has 0 saturated carbocycles. The van der Waals surface area contributed by atoms with E-state index in [1.165, 1.54) is 17.7 Å². The van der Waals surface area contributed by atoms with E-state index in [0.717, 1.165) is 18.8 Å². The second kappa shape index (κ2) is 4.60. The van der Waals surface area contributed by atoms with Gasteiger partial charge in [0.05, 0.1) is 7.11 Å². The van der Waals surface area contributed by atoms with Crippen LogP contribution in [0.1, 0.15) is 12.0 Å². The zero-order valence-electron chi connectivity index (χ0n) is 10.1. The van der Waals surface area contributed by atoms with Crippen LogP contribution in [-0.2, 0) is 0 Å². The maximum absolute atomic E-state index is 5.27. The summed E-state index contributed by atoms with van der Waals surface area (Å²) in [5.74, 6) is 1.60. The van der Waals surface area contributed by atoms with Gasteiger partial charge in [-0.25, -0.2) is 0 Å². The second-order valence-corrected chi connectivity index (χ2v) is 4.38.